The van der Waals surface area contributed by atoms with Crippen LogP contribution in [0.15, 0.2) is 53.1 Å². The number of fused-ring (bicyclic) bond motifs is 2. The summed E-state index contributed by atoms with van der Waals surface area (Å²) >= 11 is 0. The second-order valence-electron chi connectivity index (χ2n) is 9.16. The molecule has 36 heavy (non-hydrogen) atoms. The number of carbonyl (C=O) groups is 1. The Kier molecular flexibility index (Phi) is 6.94. The lowest BCUT2D eigenvalue weighted by Crippen LogP contribution is -2.46. The Bertz CT molecular complexity index is 1410. The van der Waals surface area contributed by atoms with E-state index in [9.17, 15) is 15.2 Å². The number of hydrogen-bond donors (Lipinski definition) is 2. The number of aliphatic hydroxyl groups is 1. The van der Waals surface area contributed by atoms with Crippen molar-refractivity contribution in [3.05, 3.63) is 65.5 Å². The summed E-state index contributed by atoms with van der Waals surface area (Å²) in [6.45, 7) is 6.75. The molecule has 1 saturated heterocycles. The number of furan rings is 1. The van der Waals surface area contributed by atoms with E-state index in [2.05, 4.69) is 26.9 Å². The summed E-state index contributed by atoms with van der Waals surface area (Å²) in [4.78, 5) is 19.9. The Balaban J connectivity index is 1.13. The number of esters is 1. The van der Waals surface area contributed by atoms with Crippen LogP contribution in [0.3, 0.4) is 0 Å². The molecule has 0 bridgehead atoms. The van der Waals surface area contributed by atoms with Crippen LogP contribution in [-0.4, -0.2) is 60.3 Å². The van der Waals surface area contributed by atoms with E-state index in [0.29, 0.717) is 24.2 Å². The molecule has 1 fully saturated rings. The number of aliphatic hydroxyl groups excluding tert-OH is 1. The highest BCUT2D eigenvalue weighted by atomic mass is 16.5. The van der Waals surface area contributed by atoms with E-state index in [1.807, 2.05) is 30.5 Å². The van der Waals surface area contributed by atoms with Crippen molar-refractivity contribution in [1.29, 1.82) is 5.26 Å². The Morgan fingerprint density at radius 2 is 2.03 bits per heavy atom. The minimum absolute atomic E-state index is 0.231. The summed E-state index contributed by atoms with van der Waals surface area (Å²) in [5.74, 6) is -0.209. The van der Waals surface area contributed by atoms with Gasteiger partial charge in [-0.25, -0.2) is 4.79 Å². The first-order chi connectivity index (χ1) is 17.6. The summed E-state index contributed by atoms with van der Waals surface area (Å²) in [6, 6.07) is 15.4. The Labute approximate surface area is 209 Å². The molecule has 8 nitrogen and oxygen atoms in total. The smallest absolute Gasteiger partial charge is 0.374 e. The third-order valence-electron chi connectivity index (χ3n) is 6.87. The monoisotopic (exact) mass is 486 g/mol. The van der Waals surface area contributed by atoms with Gasteiger partial charge in [0.1, 0.15) is 5.58 Å². The Morgan fingerprint density at radius 3 is 2.81 bits per heavy atom. The van der Waals surface area contributed by atoms with E-state index in [4.69, 9.17) is 9.15 Å². The van der Waals surface area contributed by atoms with Gasteiger partial charge in [-0.2, -0.15) is 5.26 Å². The predicted molar refractivity (Wildman–Crippen MR) is 138 cm³/mol. The molecule has 1 aliphatic heterocycles. The van der Waals surface area contributed by atoms with E-state index >= 15 is 0 Å². The second kappa shape index (κ2) is 10.4. The number of benzene rings is 2. The topological polar surface area (TPSA) is 106 Å². The molecule has 1 unspecified atom stereocenters. The lowest BCUT2D eigenvalue weighted by atomic mass is 10.0. The molecule has 2 aromatic carbocycles. The standard InChI is InChI=1S/C28H30N4O4/c1-2-35-28(34)27-16-20-15-21(6-8-26(20)36-27)32-12-10-31(11-13-32)9-3-4-25(33)23-18-30-24-7-5-19(17-29)14-22(23)24/h5-8,14-16,18,25,30,33H,2-4,9-13H2,1H3. The molecule has 2 N–H and O–H groups in total. The van der Waals surface area contributed by atoms with Gasteiger partial charge in [0.2, 0.25) is 5.76 Å². The van der Waals surface area contributed by atoms with Crippen molar-refractivity contribution >= 4 is 33.5 Å². The fourth-order valence-corrected chi connectivity index (χ4v) is 4.91. The number of aromatic nitrogens is 1. The zero-order chi connectivity index (χ0) is 25.1. The number of nitrogens with zero attached hydrogens (tertiary/aromatic N) is 3. The first kappa shape index (κ1) is 23.9. The largest absolute Gasteiger partial charge is 0.460 e. The molecule has 2 aromatic heterocycles. The van der Waals surface area contributed by atoms with E-state index in [-0.39, 0.29) is 5.76 Å². The number of H-pyrrole nitrogens is 1. The number of carbonyl (C=O) groups excluding carboxylic acids is 1. The van der Waals surface area contributed by atoms with E-state index in [1.54, 1.807) is 19.1 Å². The minimum Gasteiger partial charge on any atom is -0.460 e. The van der Waals surface area contributed by atoms with Crippen molar-refractivity contribution in [2.45, 2.75) is 25.9 Å². The van der Waals surface area contributed by atoms with Gasteiger partial charge >= 0.3 is 5.97 Å². The fourth-order valence-electron chi connectivity index (χ4n) is 4.91. The SMILES string of the molecule is CCOC(=O)c1cc2cc(N3CCN(CCCC(O)c4c[nH]c5ccc(C#N)cc45)CC3)ccc2o1. The zero-order valence-electron chi connectivity index (χ0n) is 20.4. The van der Waals surface area contributed by atoms with Crippen LogP contribution < -0.4 is 4.90 Å². The molecule has 0 radical (unpaired) electrons. The summed E-state index contributed by atoms with van der Waals surface area (Å²) in [7, 11) is 0. The number of hydrogen-bond acceptors (Lipinski definition) is 7. The molecule has 8 heteroatoms. The van der Waals surface area contributed by atoms with Gasteiger partial charge in [-0.15, -0.1) is 0 Å². The first-order valence-corrected chi connectivity index (χ1v) is 12.4. The highest BCUT2D eigenvalue weighted by molar-refractivity contribution is 5.93. The zero-order valence-corrected chi connectivity index (χ0v) is 20.4. The fraction of sp³-hybridized carbons (Fsp3) is 0.357. The van der Waals surface area contributed by atoms with Crippen LogP contribution in [0.25, 0.3) is 21.9 Å². The van der Waals surface area contributed by atoms with Crippen LogP contribution in [0.2, 0.25) is 0 Å². The van der Waals surface area contributed by atoms with Crippen molar-refractivity contribution < 1.29 is 19.1 Å². The number of rotatable bonds is 8. The molecule has 0 saturated carbocycles. The average molecular weight is 487 g/mol. The highest BCUT2D eigenvalue weighted by Crippen LogP contribution is 2.29. The Hall–Kier alpha value is -3.80. The summed E-state index contributed by atoms with van der Waals surface area (Å²) < 4.78 is 10.7. The number of anilines is 1. The summed E-state index contributed by atoms with van der Waals surface area (Å²) in [5.41, 5.74) is 4.18. The predicted octanol–water partition coefficient (Wildman–Crippen LogP) is 4.60. The number of nitrogens with one attached hydrogen (secondary N) is 1. The molecular weight excluding hydrogens is 456 g/mol. The molecule has 3 heterocycles. The van der Waals surface area contributed by atoms with E-state index in [0.717, 1.165) is 66.7 Å². The van der Waals surface area contributed by atoms with Crippen LogP contribution in [0, 0.1) is 11.3 Å². The van der Waals surface area contributed by atoms with Crippen molar-refractivity contribution in [2.24, 2.45) is 0 Å². The number of piperazine rings is 1. The molecule has 4 aromatic rings. The lowest BCUT2D eigenvalue weighted by Gasteiger charge is -2.36. The number of ether oxygens (including phenoxy) is 1. The van der Waals surface area contributed by atoms with Crippen molar-refractivity contribution in [3.8, 4) is 6.07 Å². The maximum atomic E-state index is 12.0. The van der Waals surface area contributed by atoms with Gasteiger partial charge in [-0.1, -0.05) is 0 Å². The molecule has 5 rings (SSSR count). The van der Waals surface area contributed by atoms with Gasteiger partial charge in [-0.05, 0) is 68.8 Å². The van der Waals surface area contributed by atoms with Crippen LogP contribution >= 0.6 is 0 Å². The maximum absolute atomic E-state index is 12.0. The van der Waals surface area contributed by atoms with Gasteiger partial charge < -0.3 is 24.1 Å². The highest BCUT2D eigenvalue weighted by Gasteiger charge is 2.20. The van der Waals surface area contributed by atoms with Crippen molar-refractivity contribution in [1.82, 2.24) is 9.88 Å². The average Bonchev–Trinajstić information content (AvgIpc) is 3.52. The van der Waals surface area contributed by atoms with Gasteiger partial charge in [0.15, 0.2) is 0 Å². The lowest BCUT2D eigenvalue weighted by molar-refractivity contribution is 0.0492. The van der Waals surface area contributed by atoms with Gasteiger partial charge in [0.25, 0.3) is 0 Å². The van der Waals surface area contributed by atoms with Crippen LogP contribution in [0.4, 0.5) is 5.69 Å². The first-order valence-electron chi connectivity index (χ1n) is 12.4. The molecule has 0 aliphatic carbocycles. The summed E-state index contributed by atoms with van der Waals surface area (Å²) in [5, 5.41) is 21.8. The number of nitriles is 1. The molecule has 1 aliphatic rings. The quantitative estimate of drug-likeness (QED) is 0.351. The van der Waals surface area contributed by atoms with Crippen molar-refractivity contribution in [3.63, 3.8) is 0 Å². The third kappa shape index (κ3) is 4.94. The van der Waals surface area contributed by atoms with Gasteiger partial charge in [-0.3, -0.25) is 4.90 Å². The van der Waals surface area contributed by atoms with Crippen LogP contribution in [-0.2, 0) is 4.74 Å². The van der Waals surface area contributed by atoms with Crippen LogP contribution in [0.5, 0.6) is 0 Å². The molecule has 1 atom stereocenters. The van der Waals surface area contributed by atoms with E-state index in [1.165, 1.54) is 0 Å². The minimum atomic E-state index is -0.560. The van der Waals surface area contributed by atoms with Crippen molar-refractivity contribution in [2.75, 3.05) is 44.2 Å². The molecule has 0 spiro atoms. The second-order valence-corrected chi connectivity index (χ2v) is 9.16. The van der Waals surface area contributed by atoms with E-state index < -0.39 is 12.1 Å². The third-order valence-corrected chi connectivity index (χ3v) is 6.87. The van der Waals surface area contributed by atoms with Crippen LogP contribution in [0.1, 0.15) is 47.6 Å². The molecule has 0 amide bonds. The normalized spacial score (nSPS) is 15.3. The number of aromatic amines is 1. The van der Waals surface area contributed by atoms with Gasteiger partial charge in [0.05, 0.1) is 24.3 Å². The van der Waals surface area contributed by atoms with Gasteiger partial charge in [0, 0.05) is 59.9 Å². The summed E-state index contributed by atoms with van der Waals surface area (Å²) in [6.07, 6.45) is 2.85. The molecule has 186 valence electrons. The Morgan fingerprint density at radius 1 is 1.19 bits per heavy atom. The molecular formula is C28H30N4O4. The maximum Gasteiger partial charge on any atom is 0.374 e.